The molecule has 0 heterocycles. The number of carbonyl (C=O) groups is 1. The van der Waals surface area contributed by atoms with Crippen LogP contribution in [0.5, 0.6) is 5.75 Å². The van der Waals surface area contributed by atoms with Crippen molar-refractivity contribution >= 4 is 5.97 Å². The van der Waals surface area contributed by atoms with Crippen LogP contribution in [-0.2, 0) is 17.6 Å². The van der Waals surface area contributed by atoms with E-state index in [9.17, 15) is 15.0 Å². The van der Waals surface area contributed by atoms with Crippen LogP contribution in [0.4, 0.5) is 0 Å². The average molecular weight is 293 g/mol. The van der Waals surface area contributed by atoms with Crippen molar-refractivity contribution in [3.63, 3.8) is 0 Å². The number of carboxylic acids is 1. The molecule has 4 nitrogen and oxygen atoms in total. The highest BCUT2D eigenvalue weighted by atomic mass is 16.4. The third kappa shape index (κ3) is 2.53. The highest BCUT2D eigenvalue weighted by molar-refractivity contribution is 5.68. The van der Waals surface area contributed by atoms with E-state index in [1.54, 1.807) is 12.1 Å². The molecule has 1 aliphatic rings. The maximum Gasteiger partial charge on any atom is 0.303 e. The van der Waals surface area contributed by atoms with Crippen LogP contribution in [0.1, 0.15) is 40.2 Å². The molecule has 1 aliphatic carbocycles. The summed E-state index contributed by atoms with van der Waals surface area (Å²) in [6, 6.07) is 13.1. The molecule has 0 radical (unpaired) electrons. The molecular weight excluding hydrogens is 278 g/mol. The van der Waals surface area contributed by atoms with Gasteiger partial charge in [0, 0.05) is 0 Å². The van der Waals surface area contributed by atoms with E-state index in [1.807, 2.05) is 30.3 Å². The lowest BCUT2D eigenvalue weighted by Crippen LogP contribution is -2.09. The van der Waals surface area contributed by atoms with Gasteiger partial charge in [-0.1, -0.05) is 24.3 Å². The van der Waals surface area contributed by atoms with E-state index in [1.165, 1.54) is 0 Å². The zero-order valence-electron chi connectivity index (χ0n) is 11.9. The fourth-order valence-electron chi connectivity index (χ4n) is 3.19. The molecule has 2 N–H and O–H groups in total. The van der Waals surface area contributed by atoms with Crippen LogP contribution in [0.25, 0.3) is 0 Å². The standard InChI is InChI=1S/C18H15NO3/c19-10-15-7-12-6-14(9-18(21)22)16-4-2-1-3-11(16)5-13(12)8-17(15)20/h1-4,7-8,14,20H,5-6,9H2,(H,21,22)/t14-/m1/s1. The second kappa shape index (κ2) is 5.53. The minimum atomic E-state index is -0.831. The minimum Gasteiger partial charge on any atom is -0.507 e. The number of benzene rings is 2. The van der Waals surface area contributed by atoms with Crippen LogP contribution in [0, 0.1) is 11.3 Å². The Morgan fingerprint density at radius 2 is 2.00 bits per heavy atom. The van der Waals surface area contributed by atoms with Gasteiger partial charge in [-0.2, -0.15) is 5.26 Å². The molecule has 0 unspecified atom stereocenters. The number of fused-ring (bicyclic) bond motifs is 2. The molecule has 2 aromatic carbocycles. The van der Waals surface area contributed by atoms with E-state index in [0.29, 0.717) is 12.8 Å². The van der Waals surface area contributed by atoms with Gasteiger partial charge < -0.3 is 10.2 Å². The number of phenolic OH excluding ortho intramolecular Hbond substituents is 1. The van der Waals surface area contributed by atoms with Crippen molar-refractivity contribution in [3.8, 4) is 11.8 Å². The largest absolute Gasteiger partial charge is 0.507 e. The van der Waals surface area contributed by atoms with E-state index in [4.69, 9.17) is 5.26 Å². The lowest BCUT2D eigenvalue weighted by Gasteiger charge is -2.16. The van der Waals surface area contributed by atoms with E-state index < -0.39 is 5.97 Å². The number of hydrogen-bond acceptors (Lipinski definition) is 3. The molecule has 1 atom stereocenters. The third-order valence-electron chi connectivity index (χ3n) is 4.20. The number of nitriles is 1. The predicted octanol–water partition coefficient (Wildman–Crippen LogP) is 2.97. The summed E-state index contributed by atoms with van der Waals surface area (Å²) in [6.07, 6.45) is 1.26. The minimum absolute atomic E-state index is 0.0181. The molecule has 0 fully saturated rings. The van der Waals surface area contributed by atoms with Crippen LogP contribution in [0.15, 0.2) is 36.4 Å². The Bertz CT molecular complexity index is 789. The lowest BCUT2D eigenvalue weighted by atomic mass is 9.88. The van der Waals surface area contributed by atoms with Crippen molar-refractivity contribution in [1.29, 1.82) is 5.26 Å². The number of aliphatic carboxylic acids is 1. The zero-order valence-corrected chi connectivity index (χ0v) is 11.9. The molecule has 0 amide bonds. The molecular formula is C18H15NO3. The van der Waals surface area contributed by atoms with Crippen LogP contribution < -0.4 is 0 Å². The van der Waals surface area contributed by atoms with E-state index in [-0.39, 0.29) is 23.7 Å². The molecule has 2 aromatic rings. The maximum atomic E-state index is 11.2. The lowest BCUT2D eigenvalue weighted by molar-refractivity contribution is -0.137. The smallest absolute Gasteiger partial charge is 0.303 e. The van der Waals surface area contributed by atoms with Crippen LogP contribution in [0.3, 0.4) is 0 Å². The monoisotopic (exact) mass is 293 g/mol. The van der Waals surface area contributed by atoms with Crippen molar-refractivity contribution in [2.45, 2.75) is 25.2 Å². The van der Waals surface area contributed by atoms with Gasteiger partial charge >= 0.3 is 5.97 Å². The van der Waals surface area contributed by atoms with Gasteiger partial charge in [0.2, 0.25) is 0 Å². The highest BCUT2D eigenvalue weighted by Gasteiger charge is 2.24. The SMILES string of the molecule is N#Cc1cc2c(cc1O)Cc1ccccc1[C@@H](CC(=O)O)C2. The van der Waals surface area contributed by atoms with Gasteiger partial charge in [-0.25, -0.2) is 0 Å². The van der Waals surface area contributed by atoms with Crippen LogP contribution >= 0.6 is 0 Å². The summed E-state index contributed by atoms with van der Waals surface area (Å²) in [4.78, 5) is 11.2. The second-order valence-corrected chi connectivity index (χ2v) is 5.62. The molecule has 4 heteroatoms. The Hall–Kier alpha value is -2.80. The van der Waals surface area contributed by atoms with Gasteiger partial charge in [-0.15, -0.1) is 0 Å². The maximum absolute atomic E-state index is 11.2. The number of phenols is 1. The Morgan fingerprint density at radius 3 is 2.73 bits per heavy atom. The van der Waals surface area contributed by atoms with Crippen molar-refractivity contribution in [2.24, 2.45) is 0 Å². The van der Waals surface area contributed by atoms with E-state index in [2.05, 4.69) is 0 Å². The quantitative estimate of drug-likeness (QED) is 0.892. The third-order valence-corrected chi connectivity index (χ3v) is 4.20. The number of nitrogens with zero attached hydrogens (tertiary/aromatic N) is 1. The van der Waals surface area contributed by atoms with Gasteiger partial charge in [0.1, 0.15) is 11.8 Å². The van der Waals surface area contributed by atoms with Crippen LogP contribution in [0.2, 0.25) is 0 Å². The molecule has 0 saturated heterocycles. The fraction of sp³-hybridized carbons (Fsp3) is 0.222. The summed E-state index contributed by atoms with van der Waals surface area (Å²) in [6.45, 7) is 0. The molecule has 0 aliphatic heterocycles. The number of rotatable bonds is 2. The summed E-state index contributed by atoms with van der Waals surface area (Å²) in [5.41, 5.74) is 4.25. The molecule has 0 saturated carbocycles. The number of hydrogen-bond donors (Lipinski definition) is 2. The first-order chi connectivity index (χ1) is 10.6. The zero-order chi connectivity index (χ0) is 15.7. The average Bonchev–Trinajstić information content (AvgIpc) is 2.62. The molecule has 3 rings (SSSR count). The number of carboxylic acid groups (broad SMARTS) is 1. The van der Waals surface area contributed by atoms with Crippen LogP contribution in [-0.4, -0.2) is 16.2 Å². The van der Waals surface area contributed by atoms with Crippen molar-refractivity contribution < 1.29 is 15.0 Å². The molecule has 0 bridgehead atoms. The van der Waals surface area contributed by atoms with Gasteiger partial charge in [-0.3, -0.25) is 4.79 Å². The highest BCUT2D eigenvalue weighted by Crippen LogP contribution is 2.36. The molecule has 0 spiro atoms. The summed E-state index contributed by atoms with van der Waals surface area (Å²) in [5, 5.41) is 28.2. The summed E-state index contributed by atoms with van der Waals surface area (Å²) in [7, 11) is 0. The summed E-state index contributed by atoms with van der Waals surface area (Å²) in [5.74, 6) is -0.969. The first-order valence-electron chi connectivity index (χ1n) is 7.13. The van der Waals surface area contributed by atoms with E-state index in [0.717, 1.165) is 22.3 Å². The summed E-state index contributed by atoms with van der Waals surface area (Å²) >= 11 is 0. The molecule has 22 heavy (non-hydrogen) atoms. The van der Waals surface area contributed by atoms with Crippen molar-refractivity contribution in [2.75, 3.05) is 0 Å². The normalized spacial score (nSPS) is 16.0. The van der Waals surface area contributed by atoms with E-state index >= 15 is 0 Å². The Kier molecular flexibility index (Phi) is 3.56. The summed E-state index contributed by atoms with van der Waals surface area (Å²) < 4.78 is 0. The Morgan fingerprint density at radius 1 is 1.23 bits per heavy atom. The first-order valence-corrected chi connectivity index (χ1v) is 7.13. The van der Waals surface area contributed by atoms with Gasteiger partial charge in [0.05, 0.1) is 12.0 Å². The Labute approximate surface area is 128 Å². The molecule has 110 valence electrons. The second-order valence-electron chi connectivity index (χ2n) is 5.62. The predicted molar refractivity (Wildman–Crippen MR) is 80.8 cm³/mol. The van der Waals surface area contributed by atoms with Crippen molar-refractivity contribution in [1.82, 2.24) is 0 Å². The van der Waals surface area contributed by atoms with Gasteiger partial charge in [0.25, 0.3) is 0 Å². The van der Waals surface area contributed by atoms with Gasteiger partial charge in [-0.05, 0) is 53.1 Å². The molecule has 0 aromatic heterocycles. The Balaban J connectivity index is 2.13. The van der Waals surface area contributed by atoms with Crippen molar-refractivity contribution in [3.05, 3.63) is 64.2 Å². The number of aromatic hydroxyl groups is 1. The topological polar surface area (TPSA) is 81.3 Å². The first kappa shape index (κ1) is 14.2. The van der Waals surface area contributed by atoms with Gasteiger partial charge in [0.15, 0.2) is 0 Å². The fourth-order valence-corrected chi connectivity index (χ4v) is 3.19.